The summed E-state index contributed by atoms with van der Waals surface area (Å²) in [6.45, 7) is 7.29. The molecular formula is C18H24F2N2O2. The van der Waals surface area contributed by atoms with Gasteiger partial charge in [0.15, 0.2) is 11.6 Å². The summed E-state index contributed by atoms with van der Waals surface area (Å²) in [4.78, 5) is 16.8. The van der Waals surface area contributed by atoms with Crippen LogP contribution >= 0.6 is 0 Å². The quantitative estimate of drug-likeness (QED) is 0.849. The number of benzene rings is 1. The van der Waals surface area contributed by atoms with Gasteiger partial charge >= 0.3 is 0 Å². The molecule has 24 heavy (non-hydrogen) atoms. The van der Waals surface area contributed by atoms with Gasteiger partial charge in [0.1, 0.15) is 0 Å². The zero-order valence-corrected chi connectivity index (χ0v) is 14.2. The van der Waals surface area contributed by atoms with Crippen molar-refractivity contribution in [2.75, 3.05) is 26.2 Å². The molecule has 0 bridgehead atoms. The standard InChI is InChI=1S/C18H24F2N2O2/c1-12-9-21(10-13(2)24-12)11-15-4-3-7-22(15)18(23)14-5-6-16(19)17(20)8-14/h5-6,8,12-13,15H,3-4,7,9-11H2,1-2H3/t12-,13+,15-/m1/s1. The van der Waals surface area contributed by atoms with E-state index in [0.717, 1.165) is 44.6 Å². The Morgan fingerprint density at radius 2 is 1.92 bits per heavy atom. The lowest BCUT2D eigenvalue weighted by atomic mass is 10.1. The van der Waals surface area contributed by atoms with E-state index in [0.29, 0.717) is 6.54 Å². The predicted octanol–water partition coefficient (Wildman–Crippen LogP) is 2.68. The zero-order valence-electron chi connectivity index (χ0n) is 14.2. The number of halogens is 2. The number of rotatable bonds is 3. The highest BCUT2D eigenvalue weighted by Gasteiger charge is 2.33. The minimum Gasteiger partial charge on any atom is -0.373 e. The van der Waals surface area contributed by atoms with Gasteiger partial charge in [-0.1, -0.05) is 0 Å². The second kappa shape index (κ2) is 7.15. The van der Waals surface area contributed by atoms with Crippen LogP contribution in [-0.4, -0.2) is 60.1 Å². The first-order valence-corrected chi connectivity index (χ1v) is 8.58. The number of hydrogen-bond donors (Lipinski definition) is 0. The molecular weight excluding hydrogens is 314 g/mol. The molecule has 0 aromatic heterocycles. The van der Waals surface area contributed by atoms with Crippen molar-refractivity contribution in [3.8, 4) is 0 Å². The van der Waals surface area contributed by atoms with E-state index < -0.39 is 11.6 Å². The summed E-state index contributed by atoms with van der Waals surface area (Å²) in [6, 6.07) is 3.48. The fourth-order valence-corrected chi connectivity index (χ4v) is 3.82. The second-order valence-corrected chi connectivity index (χ2v) is 6.90. The van der Waals surface area contributed by atoms with Crippen molar-refractivity contribution in [1.29, 1.82) is 0 Å². The molecule has 132 valence electrons. The van der Waals surface area contributed by atoms with E-state index in [4.69, 9.17) is 4.74 Å². The van der Waals surface area contributed by atoms with E-state index >= 15 is 0 Å². The Labute approximate surface area is 141 Å². The SMILES string of the molecule is C[C@@H]1CN(C[C@H]2CCCN2C(=O)c2ccc(F)c(F)c2)C[C@H](C)O1. The van der Waals surface area contributed by atoms with Gasteiger partial charge in [0.05, 0.1) is 12.2 Å². The first kappa shape index (κ1) is 17.3. The van der Waals surface area contributed by atoms with Gasteiger partial charge in [0.25, 0.3) is 5.91 Å². The summed E-state index contributed by atoms with van der Waals surface area (Å²) >= 11 is 0. The topological polar surface area (TPSA) is 32.8 Å². The van der Waals surface area contributed by atoms with Crippen LogP contribution in [-0.2, 0) is 4.74 Å². The Kier molecular flexibility index (Phi) is 5.15. The van der Waals surface area contributed by atoms with Crippen molar-refractivity contribution in [3.05, 3.63) is 35.4 Å². The summed E-state index contributed by atoms with van der Waals surface area (Å²) < 4.78 is 32.2. The summed E-state index contributed by atoms with van der Waals surface area (Å²) in [5, 5.41) is 0. The Bertz CT molecular complexity index is 601. The molecule has 0 saturated carbocycles. The maximum Gasteiger partial charge on any atom is 0.254 e. The molecule has 6 heteroatoms. The molecule has 0 radical (unpaired) electrons. The molecule has 3 atom stereocenters. The molecule has 0 aliphatic carbocycles. The maximum absolute atomic E-state index is 13.4. The summed E-state index contributed by atoms with van der Waals surface area (Å²) in [5.74, 6) is -2.13. The summed E-state index contributed by atoms with van der Waals surface area (Å²) in [7, 11) is 0. The molecule has 2 fully saturated rings. The van der Waals surface area contributed by atoms with Crippen molar-refractivity contribution >= 4 is 5.91 Å². The number of carbonyl (C=O) groups excluding carboxylic acids is 1. The normalized spacial score (nSPS) is 28.3. The molecule has 4 nitrogen and oxygen atoms in total. The zero-order chi connectivity index (χ0) is 17.3. The van der Waals surface area contributed by atoms with Crippen LogP contribution in [0.1, 0.15) is 37.0 Å². The number of hydrogen-bond acceptors (Lipinski definition) is 3. The van der Waals surface area contributed by atoms with Crippen LogP contribution in [0.3, 0.4) is 0 Å². The van der Waals surface area contributed by atoms with Crippen molar-refractivity contribution < 1.29 is 18.3 Å². The van der Waals surface area contributed by atoms with Crippen LogP contribution in [0.4, 0.5) is 8.78 Å². The molecule has 1 aromatic carbocycles. The number of ether oxygens (including phenoxy) is 1. The van der Waals surface area contributed by atoms with Gasteiger partial charge in [-0.2, -0.15) is 0 Å². The van der Waals surface area contributed by atoms with E-state index in [1.807, 2.05) is 0 Å². The third kappa shape index (κ3) is 3.75. The minimum absolute atomic E-state index is 0.114. The van der Waals surface area contributed by atoms with E-state index in [2.05, 4.69) is 18.7 Å². The molecule has 1 amide bonds. The lowest BCUT2D eigenvalue weighted by Gasteiger charge is -2.38. The average molecular weight is 338 g/mol. The first-order chi connectivity index (χ1) is 11.4. The number of carbonyl (C=O) groups is 1. The highest BCUT2D eigenvalue weighted by atomic mass is 19.2. The fourth-order valence-electron chi connectivity index (χ4n) is 3.82. The van der Waals surface area contributed by atoms with Crippen molar-refractivity contribution in [1.82, 2.24) is 9.80 Å². The molecule has 3 rings (SSSR count). The van der Waals surface area contributed by atoms with Crippen LogP contribution < -0.4 is 0 Å². The number of amides is 1. The van der Waals surface area contributed by atoms with Crippen LogP contribution in [0.5, 0.6) is 0 Å². The lowest BCUT2D eigenvalue weighted by Crippen LogP contribution is -2.50. The van der Waals surface area contributed by atoms with Crippen molar-refractivity contribution in [3.63, 3.8) is 0 Å². The number of morpholine rings is 1. The fraction of sp³-hybridized carbons (Fsp3) is 0.611. The smallest absolute Gasteiger partial charge is 0.254 e. The van der Waals surface area contributed by atoms with Gasteiger partial charge in [-0.05, 0) is 44.9 Å². The number of likely N-dealkylation sites (tertiary alicyclic amines) is 1. The predicted molar refractivity (Wildman–Crippen MR) is 86.9 cm³/mol. The molecule has 2 aliphatic rings. The van der Waals surface area contributed by atoms with Gasteiger partial charge < -0.3 is 9.64 Å². The Morgan fingerprint density at radius 1 is 1.21 bits per heavy atom. The maximum atomic E-state index is 13.4. The van der Waals surface area contributed by atoms with E-state index in [1.54, 1.807) is 4.90 Å². The van der Waals surface area contributed by atoms with E-state index in [9.17, 15) is 13.6 Å². The largest absolute Gasteiger partial charge is 0.373 e. The molecule has 2 heterocycles. The van der Waals surface area contributed by atoms with Crippen LogP contribution in [0.15, 0.2) is 18.2 Å². The van der Waals surface area contributed by atoms with Gasteiger partial charge in [0, 0.05) is 37.8 Å². The van der Waals surface area contributed by atoms with E-state index in [-0.39, 0.29) is 29.7 Å². The monoisotopic (exact) mass is 338 g/mol. The highest BCUT2D eigenvalue weighted by Crippen LogP contribution is 2.23. The highest BCUT2D eigenvalue weighted by molar-refractivity contribution is 5.94. The Balaban J connectivity index is 1.68. The first-order valence-electron chi connectivity index (χ1n) is 8.58. The number of nitrogens with zero attached hydrogens (tertiary/aromatic N) is 2. The average Bonchev–Trinajstić information content (AvgIpc) is 2.96. The molecule has 0 N–H and O–H groups in total. The minimum atomic E-state index is -0.979. The molecule has 2 saturated heterocycles. The van der Waals surface area contributed by atoms with Crippen LogP contribution in [0, 0.1) is 11.6 Å². The van der Waals surface area contributed by atoms with Gasteiger partial charge in [-0.3, -0.25) is 9.69 Å². The molecule has 0 spiro atoms. The molecule has 1 aromatic rings. The lowest BCUT2D eigenvalue weighted by molar-refractivity contribution is -0.0715. The van der Waals surface area contributed by atoms with Crippen molar-refractivity contribution in [2.24, 2.45) is 0 Å². The summed E-state index contributed by atoms with van der Waals surface area (Å²) in [5.41, 5.74) is 0.213. The molecule has 2 aliphatic heterocycles. The Morgan fingerprint density at radius 3 is 2.58 bits per heavy atom. The van der Waals surface area contributed by atoms with Crippen molar-refractivity contribution in [2.45, 2.75) is 44.9 Å². The molecule has 0 unspecified atom stereocenters. The van der Waals surface area contributed by atoms with Crippen LogP contribution in [0.25, 0.3) is 0 Å². The third-order valence-electron chi connectivity index (χ3n) is 4.77. The Hall–Kier alpha value is -1.53. The second-order valence-electron chi connectivity index (χ2n) is 6.90. The van der Waals surface area contributed by atoms with Gasteiger partial charge in [-0.25, -0.2) is 8.78 Å². The van der Waals surface area contributed by atoms with Gasteiger partial charge in [-0.15, -0.1) is 0 Å². The van der Waals surface area contributed by atoms with Crippen LogP contribution in [0.2, 0.25) is 0 Å². The third-order valence-corrected chi connectivity index (χ3v) is 4.77. The summed E-state index contributed by atoms with van der Waals surface area (Å²) in [6.07, 6.45) is 2.25. The van der Waals surface area contributed by atoms with Gasteiger partial charge in [0.2, 0.25) is 0 Å². The van der Waals surface area contributed by atoms with E-state index in [1.165, 1.54) is 6.07 Å².